The van der Waals surface area contributed by atoms with Crippen molar-refractivity contribution in [1.29, 1.82) is 5.26 Å². The molecular weight excluding hydrogens is 342 g/mol. The number of carbonyl (C=O) groups is 2. The molecule has 0 radical (unpaired) electrons. The van der Waals surface area contributed by atoms with E-state index < -0.39 is 5.97 Å². The topological polar surface area (TPSA) is 84.6 Å². The van der Waals surface area contributed by atoms with Gasteiger partial charge in [-0.05, 0) is 35.9 Å². The van der Waals surface area contributed by atoms with Crippen LogP contribution in [0.3, 0.4) is 0 Å². The first-order chi connectivity index (χ1) is 13.1. The van der Waals surface area contributed by atoms with E-state index in [-0.39, 0.29) is 17.0 Å². The molecule has 1 fully saturated rings. The third kappa shape index (κ3) is 4.33. The van der Waals surface area contributed by atoms with Gasteiger partial charge in [-0.25, -0.2) is 4.79 Å². The second-order valence-corrected chi connectivity index (χ2v) is 6.21. The zero-order chi connectivity index (χ0) is 19.2. The summed E-state index contributed by atoms with van der Waals surface area (Å²) in [6.07, 6.45) is 1.50. The lowest BCUT2D eigenvalue weighted by Gasteiger charge is -2.36. The van der Waals surface area contributed by atoms with E-state index in [4.69, 9.17) is 5.11 Å². The van der Waals surface area contributed by atoms with Gasteiger partial charge in [-0.2, -0.15) is 5.26 Å². The highest BCUT2D eigenvalue weighted by atomic mass is 16.4. The molecule has 136 valence electrons. The Kier molecular flexibility index (Phi) is 5.53. The van der Waals surface area contributed by atoms with E-state index in [1.807, 2.05) is 36.4 Å². The van der Waals surface area contributed by atoms with Crippen LogP contribution in [0.2, 0.25) is 0 Å². The van der Waals surface area contributed by atoms with Crippen LogP contribution in [-0.4, -0.2) is 48.1 Å². The van der Waals surface area contributed by atoms with Crippen LogP contribution >= 0.6 is 0 Å². The highest BCUT2D eigenvalue weighted by molar-refractivity contribution is 6.02. The fourth-order valence-corrected chi connectivity index (χ4v) is 3.01. The summed E-state index contributed by atoms with van der Waals surface area (Å²) in [6, 6.07) is 18.1. The third-order valence-electron chi connectivity index (χ3n) is 4.51. The van der Waals surface area contributed by atoms with Gasteiger partial charge in [0.15, 0.2) is 0 Å². The summed E-state index contributed by atoms with van der Waals surface area (Å²) in [6.45, 7) is 2.51. The fraction of sp³-hybridized carbons (Fsp3) is 0.190. The Morgan fingerprint density at radius 1 is 0.963 bits per heavy atom. The average molecular weight is 361 g/mol. The largest absolute Gasteiger partial charge is 0.478 e. The number of carboxylic acids is 1. The van der Waals surface area contributed by atoms with Gasteiger partial charge >= 0.3 is 5.97 Å². The van der Waals surface area contributed by atoms with Gasteiger partial charge in [-0.3, -0.25) is 4.79 Å². The molecular formula is C21H19N3O3. The first-order valence-electron chi connectivity index (χ1n) is 8.63. The fourth-order valence-electron chi connectivity index (χ4n) is 3.01. The van der Waals surface area contributed by atoms with E-state index >= 15 is 0 Å². The van der Waals surface area contributed by atoms with Crippen LogP contribution in [0.1, 0.15) is 15.9 Å². The Hall–Kier alpha value is -3.59. The van der Waals surface area contributed by atoms with Gasteiger partial charge in [0.1, 0.15) is 11.6 Å². The molecule has 0 saturated carbocycles. The lowest BCUT2D eigenvalue weighted by Crippen LogP contribution is -2.49. The number of anilines is 1. The van der Waals surface area contributed by atoms with Gasteiger partial charge in [0, 0.05) is 31.9 Å². The number of piperazine rings is 1. The molecule has 1 amide bonds. The van der Waals surface area contributed by atoms with Crippen molar-refractivity contribution in [3.05, 3.63) is 71.3 Å². The molecule has 0 aromatic heterocycles. The number of aromatic carboxylic acids is 1. The zero-order valence-corrected chi connectivity index (χ0v) is 14.7. The molecule has 0 unspecified atom stereocenters. The highest BCUT2D eigenvalue weighted by Gasteiger charge is 2.23. The Morgan fingerprint density at radius 2 is 1.59 bits per heavy atom. The number of nitriles is 1. The van der Waals surface area contributed by atoms with Gasteiger partial charge < -0.3 is 14.9 Å². The summed E-state index contributed by atoms with van der Waals surface area (Å²) < 4.78 is 0. The maximum absolute atomic E-state index is 12.7. The van der Waals surface area contributed by atoms with Gasteiger partial charge in [0.05, 0.1) is 5.56 Å². The summed E-state index contributed by atoms with van der Waals surface area (Å²) >= 11 is 0. The molecule has 2 aromatic rings. The first kappa shape index (κ1) is 18.2. The van der Waals surface area contributed by atoms with Crippen LogP contribution in [0.15, 0.2) is 60.2 Å². The van der Waals surface area contributed by atoms with E-state index in [1.165, 1.54) is 18.2 Å². The number of para-hydroxylation sites is 1. The molecule has 3 rings (SSSR count). The predicted octanol–water partition coefficient (Wildman–Crippen LogP) is 2.64. The number of amides is 1. The van der Waals surface area contributed by atoms with Crippen LogP contribution < -0.4 is 4.90 Å². The van der Waals surface area contributed by atoms with Crippen molar-refractivity contribution in [2.24, 2.45) is 0 Å². The normalized spacial score (nSPS) is 14.6. The number of nitrogens with zero attached hydrogens (tertiary/aromatic N) is 3. The summed E-state index contributed by atoms with van der Waals surface area (Å²) in [5, 5.41) is 18.3. The molecule has 0 spiro atoms. The molecule has 6 heteroatoms. The van der Waals surface area contributed by atoms with E-state index in [0.29, 0.717) is 31.7 Å². The van der Waals surface area contributed by atoms with Crippen LogP contribution in [0.4, 0.5) is 5.69 Å². The standard InChI is InChI=1S/C21H19N3O3/c22-15-18(14-16-6-8-17(9-7-16)21(26)27)20(25)24-12-10-23(11-13-24)19-4-2-1-3-5-19/h1-9,14H,10-13H2,(H,26,27)/b18-14-. The Labute approximate surface area is 157 Å². The van der Waals surface area contributed by atoms with Crippen molar-refractivity contribution in [3.8, 4) is 6.07 Å². The minimum absolute atomic E-state index is 0.0474. The molecule has 1 saturated heterocycles. The zero-order valence-electron chi connectivity index (χ0n) is 14.7. The maximum Gasteiger partial charge on any atom is 0.335 e. The summed E-state index contributed by atoms with van der Waals surface area (Å²) in [7, 11) is 0. The lowest BCUT2D eigenvalue weighted by atomic mass is 10.1. The molecule has 1 aliphatic rings. The minimum atomic E-state index is -1.02. The quantitative estimate of drug-likeness (QED) is 0.668. The highest BCUT2D eigenvalue weighted by Crippen LogP contribution is 2.17. The van der Waals surface area contributed by atoms with Crippen molar-refractivity contribution >= 4 is 23.6 Å². The number of hydrogen-bond donors (Lipinski definition) is 1. The summed E-state index contributed by atoms with van der Waals surface area (Å²) in [5.41, 5.74) is 1.95. The third-order valence-corrected chi connectivity index (χ3v) is 4.51. The van der Waals surface area contributed by atoms with Crippen molar-refractivity contribution in [1.82, 2.24) is 4.90 Å². The molecule has 1 aliphatic heterocycles. The van der Waals surface area contributed by atoms with Crippen LogP contribution in [0, 0.1) is 11.3 Å². The van der Waals surface area contributed by atoms with Gasteiger partial charge in [0.25, 0.3) is 5.91 Å². The van der Waals surface area contributed by atoms with Crippen molar-refractivity contribution in [2.75, 3.05) is 31.1 Å². The van der Waals surface area contributed by atoms with Crippen molar-refractivity contribution < 1.29 is 14.7 Å². The number of rotatable bonds is 4. The van der Waals surface area contributed by atoms with Crippen LogP contribution in [0.5, 0.6) is 0 Å². The number of benzene rings is 2. The summed E-state index contributed by atoms with van der Waals surface area (Å²) in [4.78, 5) is 27.5. The predicted molar refractivity (Wildman–Crippen MR) is 102 cm³/mol. The molecule has 27 heavy (non-hydrogen) atoms. The van der Waals surface area contributed by atoms with E-state index in [0.717, 1.165) is 5.69 Å². The van der Waals surface area contributed by atoms with E-state index in [9.17, 15) is 14.9 Å². The Morgan fingerprint density at radius 3 is 2.15 bits per heavy atom. The molecule has 0 aliphatic carbocycles. The SMILES string of the molecule is N#C/C(=C/c1ccc(C(=O)O)cc1)C(=O)N1CCN(c2ccccc2)CC1. The number of carbonyl (C=O) groups excluding carboxylic acids is 1. The smallest absolute Gasteiger partial charge is 0.335 e. The minimum Gasteiger partial charge on any atom is -0.478 e. The van der Waals surface area contributed by atoms with Crippen LogP contribution in [0.25, 0.3) is 6.08 Å². The number of hydrogen-bond acceptors (Lipinski definition) is 4. The molecule has 0 bridgehead atoms. The molecule has 6 nitrogen and oxygen atoms in total. The number of carboxylic acid groups (broad SMARTS) is 1. The monoisotopic (exact) mass is 361 g/mol. The molecule has 2 aromatic carbocycles. The lowest BCUT2D eigenvalue weighted by molar-refractivity contribution is -0.126. The van der Waals surface area contributed by atoms with Crippen molar-refractivity contribution in [3.63, 3.8) is 0 Å². The summed E-state index contributed by atoms with van der Waals surface area (Å²) in [5.74, 6) is -1.31. The maximum atomic E-state index is 12.7. The Bertz CT molecular complexity index is 891. The second kappa shape index (κ2) is 8.19. The van der Waals surface area contributed by atoms with Gasteiger partial charge in [0.2, 0.25) is 0 Å². The average Bonchev–Trinajstić information content (AvgIpc) is 2.72. The molecule has 1 N–H and O–H groups in total. The van der Waals surface area contributed by atoms with Gasteiger partial charge in [-0.1, -0.05) is 30.3 Å². The Balaban J connectivity index is 1.67. The first-order valence-corrected chi connectivity index (χ1v) is 8.63. The van der Waals surface area contributed by atoms with Gasteiger partial charge in [-0.15, -0.1) is 0 Å². The molecule has 0 atom stereocenters. The van der Waals surface area contributed by atoms with Crippen molar-refractivity contribution in [2.45, 2.75) is 0 Å². The second-order valence-electron chi connectivity index (χ2n) is 6.21. The van der Waals surface area contributed by atoms with E-state index in [1.54, 1.807) is 17.0 Å². The van der Waals surface area contributed by atoms with E-state index in [2.05, 4.69) is 4.90 Å². The van der Waals surface area contributed by atoms with Crippen LogP contribution in [-0.2, 0) is 4.79 Å². The molecule has 1 heterocycles.